The van der Waals surface area contributed by atoms with Crippen molar-refractivity contribution in [3.05, 3.63) is 30.5 Å². The van der Waals surface area contributed by atoms with Crippen molar-refractivity contribution in [1.29, 1.82) is 0 Å². The first-order valence-corrected chi connectivity index (χ1v) is 5.64. The molecule has 0 bridgehead atoms. The Labute approximate surface area is 100 Å². The minimum Gasteiger partial charge on any atom is -0.311 e. The summed E-state index contributed by atoms with van der Waals surface area (Å²) >= 11 is 0. The van der Waals surface area contributed by atoms with Crippen LogP contribution in [0, 0.1) is 5.92 Å². The average molecular weight is 232 g/mol. The van der Waals surface area contributed by atoms with Crippen molar-refractivity contribution in [3.8, 4) is 5.82 Å². The Kier molecular flexibility index (Phi) is 3.77. The average Bonchev–Trinajstić information content (AvgIpc) is 2.83. The summed E-state index contributed by atoms with van der Waals surface area (Å²) in [4.78, 5) is 3.86. The van der Waals surface area contributed by atoms with Gasteiger partial charge in [0.1, 0.15) is 12.7 Å². The van der Waals surface area contributed by atoms with Gasteiger partial charge in [0.05, 0.1) is 5.69 Å². The summed E-state index contributed by atoms with van der Waals surface area (Å²) in [6, 6.07) is 3.82. The quantitative estimate of drug-likeness (QED) is 0.826. The Bertz CT molecular complexity index is 433. The van der Waals surface area contributed by atoms with Crippen molar-refractivity contribution < 1.29 is 0 Å². The number of hydrogen-bond donors (Lipinski definition) is 1. The van der Waals surface area contributed by atoms with Gasteiger partial charge in [-0.05, 0) is 24.6 Å². The zero-order valence-corrected chi connectivity index (χ0v) is 10.0. The second-order valence-corrected chi connectivity index (χ2v) is 4.25. The SMILES string of the molecule is CC(C)CNCc1ccc(-n2cncn2)nn1. The number of aromatic nitrogens is 5. The maximum absolute atomic E-state index is 4.13. The highest BCUT2D eigenvalue weighted by Gasteiger charge is 2.01. The molecule has 0 aliphatic carbocycles. The van der Waals surface area contributed by atoms with Crippen LogP contribution in [-0.4, -0.2) is 31.5 Å². The largest absolute Gasteiger partial charge is 0.311 e. The molecule has 0 amide bonds. The van der Waals surface area contributed by atoms with Crippen LogP contribution in [0.25, 0.3) is 5.82 Å². The molecule has 0 unspecified atom stereocenters. The molecular weight excluding hydrogens is 216 g/mol. The first-order chi connectivity index (χ1) is 8.25. The maximum Gasteiger partial charge on any atom is 0.177 e. The minimum absolute atomic E-state index is 0.636. The van der Waals surface area contributed by atoms with Crippen LogP contribution in [0.5, 0.6) is 0 Å². The van der Waals surface area contributed by atoms with Crippen LogP contribution < -0.4 is 5.32 Å². The van der Waals surface area contributed by atoms with Crippen molar-refractivity contribution in [2.45, 2.75) is 20.4 Å². The molecule has 1 N–H and O–H groups in total. The minimum atomic E-state index is 0.636. The molecular formula is C11H16N6. The molecule has 2 aromatic heterocycles. The van der Waals surface area contributed by atoms with Crippen molar-refractivity contribution in [3.63, 3.8) is 0 Å². The van der Waals surface area contributed by atoms with Gasteiger partial charge in [0.15, 0.2) is 5.82 Å². The highest BCUT2D eigenvalue weighted by atomic mass is 15.4. The summed E-state index contributed by atoms with van der Waals surface area (Å²) < 4.78 is 1.58. The molecule has 2 aromatic rings. The third-order valence-corrected chi connectivity index (χ3v) is 2.22. The molecule has 2 heterocycles. The maximum atomic E-state index is 4.13. The van der Waals surface area contributed by atoms with Gasteiger partial charge in [-0.25, -0.2) is 9.67 Å². The lowest BCUT2D eigenvalue weighted by molar-refractivity contribution is 0.545. The zero-order valence-electron chi connectivity index (χ0n) is 10.0. The molecule has 0 aliphatic rings. The Morgan fingerprint density at radius 3 is 2.76 bits per heavy atom. The van der Waals surface area contributed by atoms with E-state index in [9.17, 15) is 0 Å². The third-order valence-electron chi connectivity index (χ3n) is 2.22. The van der Waals surface area contributed by atoms with Crippen LogP contribution in [0.1, 0.15) is 19.5 Å². The van der Waals surface area contributed by atoms with Crippen molar-refractivity contribution in [2.75, 3.05) is 6.54 Å². The van der Waals surface area contributed by atoms with E-state index in [2.05, 4.69) is 39.4 Å². The highest BCUT2D eigenvalue weighted by molar-refractivity contribution is 5.19. The lowest BCUT2D eigenvalue weighted by Crippen LogP contribution is -2.20. The van der Waals surface area contributed by atoms with Gasteiger partial charge < -0.3 is 5.32 Å². The molecule has 0 fully saturated rings. The van der Waals surface area contributed by atoms with E-state index < -0.39 is 0 Å². The normalized spacial score (nSPS) is 11.0. The van der Waals surface area contributed by atoms with Crippen LogP contribution in [-0.2, 0) is 6.54 Å². The Hall–Kier alpha value is -1.82. The third kappa shape index (κ3) is 3.32. The van der Waals surface area contributed by atoms with Gasteiger partial charge in [0.2, 0.25) is 0 Å². The van der Waals surface area contributed by atoms with Crippen molar-refractivity contribution >= 4 is 0 Å². The fraction of sp³-hybridized carbons (Fsp3) is 0.455. The molecule has 6 heteroatoms. The first-order valence-electron chi connectivity index (χ1n) is 5.64. The molecule has 6 nitrogen and oxygen atoms in total. The second-order valence-electron chi connectivity index (χ2n) is 4.25. The fourth-order valence-electron chi connectivity index (χ4n) is 1.38. The summed E-state index contributed by atoms with van der Waals surface area (Å²) in [5, 5.41) is 15.5. The Morgan fingerprint density at radius 2 is 2.18 bits per heavy atom. The van der Waals surface area contributed by atoms with E-state index in [1.807, 2.05) is 12.1 Å². The number of rotatable bonds is 5. The molecule has 90 valence electrons. The number of hydrogen-bond acceptors (Lipinski definition) is 5. The lowest BCUT2D eigenvalue weighted by atomic mass is 10.2. The van der Waals surface area contributed by atoms with Crippen LogP contribution in [0.4, 0.5) is 0 Å². The molecule has 0 atom stereocenters. The molecule has 17 heavy (non-hydrogen) atoms. The van der Waals surface area contributed by atoms with E-state index in [-0.39, 0.29) is 0 Å². The van der Waals surface area contributed by atoms with E-state index in [0.717, 1.165) is 18.8 Å². The summed E-state index contributed by atoms with van der Waals surface area (Å²) in [7, 11) is 0. The summed E-state index contributed by atoms with van der Waals surface area (Å²) in [5.41, 5.74) is 0.925. The topological polar surface area (TPSA) is 68.5 Å². The fourth-order valence-corrected chi connectivity index (χ4v) is 1.38. The summed E-state index contributed by atoms with van der Waals surface area (Å²) in [6.45, 7) is 6.06. The van der Waals surface area contributed by atoms with Gasteiger partial charge in [-0.2, -0.15) is 10.2 Å². The standard InChI is InChI=1S/C11H16N6/c1-9(2)5-12-6-10-3-4-11(16-15-10)17-8-13-7-14-17/h3-4,7-9,12H,5-6H2,1-2H3. The highest BCUT2D eigenvalue weighted by Crippen LogP contribution is 2.00. The smallest absolute Gasteiger partial charge is 0.177 e. The molecule has 0 aromatic carbocycles. The van der Waals surface area contributed by atoms with E-state index >= 15 is 0 Å². The Balaban J connectivity index is 1.94. The van der Waals surface area contributed by atoms with Gasteiger partial charge >= 0.3 is 0 Å². The van der Waals surface area contributed by atoms with Crippen molar-refractivity contribution in [1.82, 2.24) is 30.3 Å². The second kappa shape index (κ2) is 5.49. The predicted molar refractivity (Wildman–Crippen MR) is 63.5 cm³/mol. The van der Waals surface area contributed by atoms with E-state index in [1.165, 1.54) is 6.33 Å². The van der Waals surface area contributed by atoms with Crippen LogP contribution >= 0.6 is 0 Å². The predicted octanol–water partition coefficient (Wildman–Crippen LogP) is 0.803. The van der Waals surface area contributed by atoms with Crippen LogP contribution in [0.2, 0.25) is 0 Å². The Morgan fingerprint density at radius 1 is 1.29 bits per heavy atom. The van der Waals surface area contributed by atoms with Crippen LogP contribution in [0.3, 0.4) is 0 Å². The number of nitrogens with zero attached hydrogens (tertiary/aromatic N) is 5. The van der Waals surface area contributed by atoms with E-state index in [0.29, 0.717) is 11.7 Å². The molecule has 0 saturated carbocycles. The molecule has 0 saturated heterocycles. The first kappa shape index (κ1) is 11.7. The monoisotopic (exact) mass is 232 g/mol. The summed E-state index contributed by atoms with van der Waals surface area (Å²) in [5.74, 6) is 1.31. The molecule has 2 rings (SSSR count). The number of nitrogens with one attached hydrogen (secondary N) is 1. The van der Waals surface area contributed by atoms with Crippen LogP contribution in [0.15, 0.2) is 24.8 Å². The van der Waals surface area contributed by atoms with Gasteiger partial charge in [0, 0.05) is 6.54 Å². The molecule has 0 spiro atoms. The van der Waals surface area contributed by atoms with Crippen molar-refractivity contribution in [2.24, 2.45) is 5.92 Å². The summed E-state index contributed by atoms with van der Waals surface area (Å²) in [6.07, 6.45) is 3.07. The van der Waals surface area contributed by atoms with E-state index in [4.69, 9.17) is 0 Å². The van der Waals surface area contributed by atoms with Gasteiger partial charge in [-0.15, -0.1) is 5.10 Å². The van der Waals surface area contributed by atoms with E-state index in [1.54, 1.807) is 11.0 Å². The van der Waals surface area contributed by atoms with Gasteiger partial charge in [-0.3, -0.25) is 0 Å². The zero-order chi connectivity index (χ0) is 12.1. The van der Waals surface area contributed by atoms with Gasteiger partial charge in [0.25, 0.3) is 0 Å². The lowest BCUT2D eigenvalue weighted by Gasteiger charge is -2.06. The van der Waals surface area contributed by atoms with Gasteiger partial charge in [-0.1, -0.05) is 13.8 Å². The molecule has 0 aliphatic heterocycles. The molecule has 0 radical (unpaired) electrons.